The lowest BCUT2D eigenvalue weighted by atomic mass is 10.0. The molecule has 1 unspecified atom stereocenters. The Hall–Kier alpha value is -1.10. The predicted octanol–water partition coefficient (Wildman–Crippen LogP) is -1.09. The minimum Gasteiger partial charge on any atom is -0.481 e. The number of hydrogen-bond donors (Lipinski definition) is 3. The molecule has 0 spiro atoms. The minimum atomic E-state index is -1.18. The molecule has 0 radical (unpaired) electrons. The molecular formula is C6H12N2O3. The minimum absolute atomic E-state index is 0.223. The second-order valence-corrected chi connectivity index (χ2v) is 2.22. The number of rotatable bonds is 5. The quantitative estimate of drug-likeness (QED) is 0.444. The first-order valence-corrected chi connectivity index (χ1v) is 3.31. The average Bonchev–Trinajstić information content (AvgIpc) is 1.87. The maximum atomic E-state index is 10.4. The van der Waals surface area contributed by atoms with E-state index in [4.69, 9.17) is 16.6 Å². The van der Waals surface area contributed by atoms with Crippen molar-refractivity contribution in [2.45, 2.75) is 12.8 Å². The van der Waals surface area contributed by atoms with Crippen LogP contribution in [0.25, 0.3) is 0 Å². The number of carboxylic acid groups (broad SMARTS) is 1. The molecule has 64 valence electrons. The first-order chi connectivity index (χ1) is 5.09. The van der Waals surface area contributed by atoms with E-state index in [0.29, 0.717) is 13.0 Å². The lowest BCUT2D eigenvalue weighted by Gasteiger charge is -2.05. The highest BCUT2D eigenvalue weighted by molar-refractivity contribution is 5.95. The number of aliphatic carboxylic acids is 1. The van der Waals surface area contributed by atoms with Crippen molar-refractivity contribution in [2.75, 3.05) is 6.54 Å². The first kappa shape index (κ1) is 9.90. The normalized spacial score (nSPS) is 12.5. The summed E-state index contributed by atoms with van der Waals surface area (Å²) in [7, 11) is 0. The van der Waals surface area contributed by atoms with Crippen molar-refractivity contribution >= 4 is 11.9 Å². The summed E-state index contributed by atoms with van der Waals surface area (Å²) in [4.78, 5) is 20.8. The van der Waals surface area contributed by atoms with E-state index in [-0.39, 0.29) is 6.42 Å². The molecule has 0 rings (SSSR count). The van der Waals surface area contributed by atoms with Crippen molar-refractivity contribution in [1.82, 2.24) is 0 Å². The van der Waals surface area contributed by atoms with Gasteiger partial charge in [-0.25, -0.2) is 0 Å². The molecule has 1 atom stereocenters. The Kier molecular flexibility index (Phi) is 4.21. The Bertz CT molecular complexity index is 144. The summed E-state index contributed by atoms with van der Waals surface area (Å²) in [6, 6.07) is 0. The Morgan fingerprint density at radius 1 is 1.45 bits per heavy atom. The molecule has 0 aliphatic carbocycles. The van der Waals surface area contributed by atoms with Crippen molar-refractivity contribution in [3.05, 3.63) is 0 Å². The molecule has 0 heterocycles. The number of amides is 1. The third-order valence-corrected chi connectivity index (χ3v) is 1.34. The summed E-state index contributed by atoms with van der Waals surface area (Å²) in [5.74, 6) is -3.06. The summed E-state index contributed by atoms with van der Waals surface area (Å²) >= 11 is 0. The monoisotopic (exact) mass is 160 g/mol. The number of primary amides is 1. The van der Waals surface area contributed by atoms with Crippen LogP contribution in [0.2, 0.25) is 0 Å². The van der Waals surface area contributed by atoms with Crippen molar-refractivity contribution in [2.24, 2.45) is 17.4 Å². The van der Waals surface area contributed by atoms with Gasteiger partial charge in [0.25, 0.3) is 0 Å². The van der Waals surface area contributed by atoms with E-state index in [1.54, 1.807) is 0 Å². The Labute approximate surface area is 64.4 Å². The fourth-order valence-electron chi connectivity index (χ4n) is 0.709. The van der Waals surface area contributed by atoms with E-state index in [2.05, 4.69) is 0 Å². The summed E-state index contributed by atoms with van der Waals surface area (Å²) in [6.45, 7) is 0.372. The van der Waals surface area contributed by atoms with E-state index < -0.39 is 17.8 Å². The van der Waals surface area contributed by atoms with Gasteiger partial charge in [0.2, 0.25) is 5.91 Å². The zero-order valence-corrected chi connectivity index (χ0v) is 6.12. The van der Waals surface area contributed by atoms with Gasteiger partial charge in [0.05, 0.1) is 0 Å². The van der Waals surface area contributed by atoms with Crippen LogP contribution in [0, 0.1) is 5.92 Å². The van der Waals surface area contributed by atoms with Crippen LogP contribution >= 0.6 is 0 Å². The van der Waals surface area contributed by atoms with Gasteiger partial charge in [-0.1, -0.05) is 0 Å². The highest BCUT2D eigenvalue weighted by atomic mass is 16.4. The van der Waals surface area contributed by atoms with Gasteiger partial charge in [-0.3, -0.25) is 9.59 Å². The lowest BCUT2D eigenvalue weighted by Crippen LogP contribution is -2.30. The largest absolute Gasteiger partial charge is 0.481 e. The molecule has 0 bridgehead atoms. The first-order valence-electron chi connectivity index (χ1n) is 3.31. The smallest absolute Gasteiger partial charge is 0.316 e. The van der Waals surface area contributed by atoms with Gasteiger partial charge in [0.15, 0.2) is 0 Å². The summed E-state index contributed by atoms with van der Waals surface area (Å²) in [5, 5.41) is 8.43. The molecule has 0 aromatic carbocycles. The Balaban J connectivity index is 3.90. The van der Waals surface area contributed by atoms with Crippen LogP contribution < -0.4 is 11.5 Å². The molecule has 0 aliphatic rings. The zero-order valence-electron chi connectivity index (χ0n) is 6.12. The zero-order chi connectivity index (χ0) is 8.85. The van der Waals surface area contributed by atoms with Gasteiger partial charge >= 0.3 is 5.97 Å². The van der Waals surface area contributed by atoms with Gasteiger partial charge in [0, 0.05) is 0 Å². The average molecular weight is 160 g/mol. The SMILES string of the molecule is NCCCC(C(N)=O)C(=O)O. The molecular weight excluding hydrogens is 148 g/mol. The number of carboxylic acids is 1. The predicted molar refractivity (Wildman–Crippen MR) is 38.6 cm³/mol. The molecule has 11 heavy (non-hydrogen) atoms. The molecule has 0 aliphatic heterocycles. The highest BCUT2D eigenvalue weighted by Gasteiger charge is 2.22. The maximum Gasteiger partial charge on any atom is 0.316 e. The van der Waals surface area contributed by atoms with Gasteiger partial charge < -0.3 is 16.6 Å². The third kappa shape index (κ3) is 3.57. The van der Waals surface area contributed by atoms with Gasteiger partial charge in [-0.05, 0) is 19.4 Å². The fraction of sp³-hybridized carbons (Fsp3) is 0.667. The van der Waals surface area contributed by atoms with Crippen LogP contribution in [0.1, 0.15) is 12.8 Å². The number of carbonyl (C=O) groups is 2. The standard InChI is InChI=1S/C6H12N2O3/c7-3-1-2-4(5(8)9)6(10)11/h4H,1-3,7H2,(H2,8,9)(H,10,11). The van der Waals surface area contributed by atoms with Crippen molar-refractivity contribution in [1.29, 1.82) is 0 Å². The van der Waals surface area contributed by atoms with E-state index in [0.717, 1.165) is 0 Å². The fourth-order valence-corrected chi connectivity index (χ4v) is 0.709. The Morgan fingerprint density at radius 2 is 2.00 bits per heavy atom. The Morgan fingerprint density at radius 3 is 2.27 bits per heavy atom. The van der Waals surface area contributed by atoms with E-state index in [1.807, 2.05) is 0 Å². The van der Waals surface area contributed by atoms with Crippen LogP contribution in [0.4, 0.5) is 0 Å². The molecule has 0 aromatic rings. The topological polar surface area (TPSA) is 106 Å². The molecule has 5 heteroatoms. The number of carbonyl (C=O) groups excluding carboxylic acids is 1. The van der Waals surface area contributed by atoms with Crippen molar-refractivity contribution < 1.29 is 14.7 Å². The van der Waals surface area contributed by atoms with Gasteiger partial charge in [0.1, 0.15) is 5.92 Å². The van der Waals surface area contributed by atoms with Crippen LogP contribution in [-0.2, 0) is 9.59 Å². The van der Waals surface area contributed by atoms with E-state index in [1.165, 1.54) is 0 Å². The molecule has 0 saturated carbocycles. The van der Waals surface area contributed by atoms with Crippen LogP contribution in [0.15, 0.2) is 0 Å². The third-order valence-electron chi connectivity index (χ3n) is 1.34. The van der Waals surface area contributed by atoms with Crippen LogP contribution in [0.5, 0.6) is 0 Å². The summed E-state index contributed by atoms with van der Waals surface area (Å²) in [6.07, 6.45) is 0.723. The molecule has 0 saturated heterocycles. The molecule has 5 N–H and O–H groups in total. The maximum absolute atomic E-state index is 10.4. The van der Waals surface area contributed by atoms with Gasteiger partial charge in [-0.2, -0.15) is 0 Å². The second-order valence-electron chi connectivity index (χ2n) is 2.22. The number of nitrogens with two attached hydrogens (primary N) is 2. The van der Waals surface area contributed by atoms with E-state index >= 15 is 0 Å². The van der Waals surface area contributed by atoms with Crippen molar-refractivity contribution in [3.63, 3.8) is 0 Å². The molecule has 0 fully saturated rings. The molecule has 1 amide bonds. The molecule has 5 nitrogen and oxygen atoms in total. The second kappa shape index (κ2) is 4.68. The van der Waals surface area contributed by atoms with Crippen LogP contribution in [0.3, 0.4) is 0 Å². The van der Waals surface area contributed by atoms with Crippen LogP contribution in [-0.4, -0.2) is 23.5 Å². The lowest BCUT2D eigenvalue weighted by molar-refractivity contribution is -0.146. The molecule has 0 aromatic heterocycles. The van der Waals surface area contributed by atoms with Gasteiger partial charge in [-0.15, -0.1) is 0 Å². The van der Waals surface area contributed by atoms with Crippen molar-refractivity contribution in [3.8, 4) is 0 Å². The summed E-state index contributed by atoms with van der Waals surface area (Å²) < 4.78 is 0. The number of hydrogen-bond acceptors (Lipinski definition) is 3. The highest BCUT2D eigenvalue weighted by Crippen LogP contribution is 2.04. The summed E-state index contributed by atoms with van der Waals surface area (Å²) in [5.41, 5.74) is 9.95. The van der Waals surface area contributed by atoms with E-state index in [9.17, 15) is 9.59 Å².